The van der Waals surface area contributed by atoms with Gasteiger partial charge in [0.25, 0.3) is 0 Å². The Morgan fingerprint density at radius 1 is 1.29 bits per heavy atom. The van der Waals surface area contributed by atoms with E-state index in [-0.39, 0.29) is 19.7 Å². The van der Waals surface area contributed by atoms with Crippen molar-refractivity contribution in [3.8, 4) is 0 Å². The number of hydrogen-bond donors (Lipinski definition) is 1. The minimum Gasteiger partial charge on any atom is -0.480 e. The molecule has 28 heavy (non-hydrogen) atoms. The standard InChI is InChI=1S/C18H18N4O6/c1-27-17(25)16-15-12(7-20(19-15)9-14(23)24)13-8-21(16)18(26)22(13)28-10-11-5-3-2-4-6-11/h2-7,13,16H,8-10H2,1H3,(H,23,24)/t13-,16+/m1/s1. The summed E-state index contributed by atoms with van der Waals surface area (Å²) >= 11 is 0. The topological polar surface area (TPSA) is 114 Å². The monoisotopic (exact) mass is 386 g/mol. The van der Waals surface area contributed by atoms with Gasteiger partial charge in [-0.15, -0.1) is 0 Å². The fraction of sp³-hybridized carbons (Fsp3) is 0.333. The molecule has 3 heterocycles. The lowest BCUT2D eigenvalue weighted by Gasteiger charge is -2.27. The van der Waals surface area contributed by atoms with Gasteiger partial charge in [-0.1, -0.05) is 30.3 Å². The SMILES string of the molecule is COC(=O)[C@@H]1c2nn(CC(=O)O)cc2[C@H]2CN1C(=O)N2OCc1ccccc1. The Kier molecular flexibility index (Phi) is 4.47. The van der Waals surface area contributed by atoms with Gasteiger partial charge < -0.3 is 14.7 Å². The van der Waals surface area contributed by atoms with Gasteiger partial charge in [0.1, 0.15) is 24.9 Å². The van der Waals surface area contributed by atoms with Crippen molar-refractivity contribution in [2.75, 3.05) is 13.7 Å². The number of hydrogen-bond acceptors (Lipinski definition) is 6. The van der Waals surface area contributed by atoms with Crippen LogP contribution in [0.25, 0.3) is 0 Å². The number of carboxylic acids is 1. The third-order valence-corrected chi connectivity index (χ3v) is 4.77. The first-order valence-electron chi connectivity index (χ1n) is 8.63. The number of hydroxylamine groups is 2. The summed E-state index contributed by atoms with van der Waals surface area (Å²) in [4.78, 5) is 43.3. The average Bonchev–Trinajstić information content (AvgIpc) is 3.21. The Bertz CT molecular complexity index is 927. The molecule has 0 radical (unpaired) electrons. The highest BCUT2D eigenvalue weighted by Gasteiger charge is 2.53. The van der Waals surface area contributed by atoms with Crippen LogP contribution in [0, 0.1) is 0 Å². The van der Waals surface area contributed by atoms with Crippen LogP contribution in [-0.4, -0.2) is 56.5 Å². The van der Waals surface area contributed by atoms with E-state index in [0.717, 1.165) is 5.56 Å². The number of benzene rings is 1. The van der Waals surface area contributed by atoms with E-state index in [1.165, 1.54) is 21.8 Å². The van der Waals surface area contributed by atoms with Crippen LogP contribution in [0.1, 0.15) is 28.9 Å². The Balaban J connectivity index is 1.66. The Morgan fingerprint density at radius 3 is 2.71 bits per heavy atom. The molecule has 0 aliphatic carbocycles. The quantitative estimate of drug-likeness (QED) is 0.740. The zero-order valence-electron chi connectivity index (χ0n) is 15.0. The van der Waals surface area contributed by atoms with Gasteiger partial charge in [0.05, 0.1) is 13.7 Å². The predicted molar refractivity (Wildman–Crippen MR) is 92.5 cm³/mol. The largest absolute Gasteiger partial charge is 0.480 e. The lowest BCUT2D eigenvalue weighted by molar-refractivity contribution is -0.146. The molecule has 10 heteroatoms. The summed E-state index contributed by atoms with van der Waals surface area (Å²) in [7, 11) is 1.23. The van der Waals surface area contributed by atoms with E-state index in [1.54, 1.807) is 6.20 Å². The number of carbonyl (C=O) groups excluding carboxylic acids is 2. The lowest BCUT2D eigenvalue weighted by Crippen LogP contribution is -2.39. The second kappa shape index (κ2) is 6.97. The van der Waals surface area contributed by atoms with Gasteiger partial charge in [-0.3, -0.25) is 14.3 Å². The molecule has 2 aliphatic heterocycles. The van der Waals surface area contributed by atoms with Crippen molar-refractivity contribution in [2.45, 2.75) is 25.2 Å². The molecule has 1 N–H and O–H groups in total. The number of nitrogens with zero attached hydrogens (tertiary/aromatic N) is 4. The summed E-state index contributed by atoms with van der Waals surface area (Å²) in [6.45, 7) is 0.0456. The van der Waals surface area contributed by atoms with Gasteiger partial charge in [0.2, 0.25) is 0 Å². The number of urea groups is 1. The number of rotatable bonds is 6. The molecule has 1 saturated heterocycles. The summed E-state index contributed by atoms with van der Waals surface area (Å²) in [6, 6.07) is 7.38. The van der Waals surface area contributed by atoms with E-state index in [4.69, 9.17) is 14.7 Å². The smallest absolute Gasteiger partial charge is 0.345 e. The molecule has 2 amide bonds. The third kappa shape index (κ3) is 2.97. The number of esters is 1. The maximum absolute atomic E-state index is 12.9. The van der Waals surface area contributed by atoms with Crippen LogP contribution < -0.4 is 0 Å². The number of ether oxygens (including phenoxy) is 1. The van der Waals surface area contributed by atoms with E-state index in [0.29, 0.717) is 11.3 Å². The number of aliphatic carboxylic acids is 1. The molecule has 2 aliphatic rings. The van der Waals surface area contributed by atoms with E-state index in [2.05, 4.69) is 5.10 Å². The number of carboxylic acid groups (broad SMARTS) is 1. The number of aromatic nitrogens is 2. The lowest BCUT2D eigenvalue weighted by atomic mass is 9.98. The normalized spacial score (nSPS) is 20.2. The molecule has 2 atom stereocenters. The average molecular weight is 386 g/mol. The van der Waals surface area contributed by atoms with Crippen LogP contribution in [0.4, 0.5) is 4.79 Å². The van der Waals surface area contributed by atoms with Gasteiger partial charge in [0, 0.05) is 11.8 Å². The summed E-state index contributed by atoms with van der Waals surface area (Å²) in [5, 5.41) is 14.5. The Labute approximate surface area is 159 Å². The molecule has 0 saturated carbocycles. The highest BCUT2D eigenvalue weighted by molar-refractivity contribution is 5.87. The Hall–Kier alpha value is -3.40. The van der Waals surface area contributed by atoms with Crippen molar-refractivity contribution in [1.82, 2.24) is 19.7 Å². The molecule has 1 fully saturated rings. The summed E-state index contributed by atoms with van der Waals surface area (Å²) in [5.41, 5.74) is 1.77. The van der Waals surface area contributed by atoms with Crippen molar-refractivity contribution < 1.29 is 29.1 Å². The third-order valence-electron chi connectivity index (χ3n) is 4.77. The second-order valence-electron chi connectivity index (χ2n) is 6.52. The summed E-state index contributed by atoms with van der Waals surface area (Å²) < 4.78 is 6.08. The number of methoxy groups -OCH3 is 1. The molecule has 1 aromatic heterocycles. The molecule has 0 unspecified atom stereocenters. The van der Waals surface area contributed by atoms with Crippen LogP contribution in [0.2, 0.25) is 0 Å². The molecular weight excluding hydrogens is 368 g/mol. The molecule has 1 aromatic carbocycles. The highest BCUT2D eigenvalue weighted by atomic mass is 16.7. The van der Waals surface area contributed by atoms with Crippen LogP contribution in [-0.2, 0) is 32.3 Å². The second-order valence-corrected chi connectivity index (χ2v) is 6.52. The van der Waals surface area contributed by atoms with E-state index in [1.807, 2.05) is 30.3 Å². The molecule has 146 valence electrons. The number of fused-ring (bicyclic) bond motifs is 4. The van der Waals surface area contributed by atoms with Crippen LogP contribution in [0.5, 0.6) is 0 Å². The minimum atomic E-state index is -1.06. The van der Waals surface area contributed by atoms with Gasteiger partial charge in [0.15, 0.2) is 6.04 Å². The Morgan fingerprint density at radius 2 is 2.04 bits per heavy atom. The van der Waals surface area contributed by atoms with Gasteiger partial charge in [-0.05, 0) is 5.56 Å². The fourth-order valence-corrected chi connectivity index (χ4v) is 3.54. The van der Waals surface area contributed by atoms with Crippen LogP contribution >= 0.6 is 0 Å². The maximum Gasteiger partial charge on any atom is 0.345 e. The van der Waals surface area contributed by atoms with Gasteiger partial charge in [-0.2, -0.15) is 10.2 Å². The van der Waals surface area contributed by atoms with Crippen molar-refractivity contribution in [1.29, 1.82) is 0 Å². The highest BCUT2D eigenvalue weighted by Crippen LogP contribution is 2.43. The van der Waals surface area contributed by atoms with Gasteiger partial charge in [-0.25, -0.2) is 9.59 Å². The first kappa shape index (κ1) is 18.0. The van der Waals surface area contributed by atoms with Crippen molar-refractivity contribution in [3.63, 3.8) is 0 Å². The molecular formula is C18H18N4O6. The summed E-state index contributed by atoms with van der Waals surface area (Å²) in [5.74, 6) is -1.70. The summed E-state index contributed by atoms with van der Waals surface area (Å²) in [6.07, 6.45) is 1.54. The molecule has 0 spiro atoms. The predicted octanol–water partition coefficient (Wildman–Crippen LogP) is 1.11. The maximum atomic E-state index is 12.9. The van der Waals surface area contributed by atoms with E-state index >= 15 is 0 Å². The number of carbonyl (C=O) groups is 3. The van der Waals surface area contributed by atoms with Gasteiger partial charge >= 0.3 is 18.0 Å². The molecule has 10 nitrogen and oxygen atoms in total. The van der Waals surface area contributed by atoms with Crippen molar-refractivity contribution >= 4 is 18.0 Å². The zero-order valence-corrected chi connectivity index (χ0v) is 15.0. The minimum absolute atomic E-state index is 0.179. The first-order chi connectivity index (χ1) is 13.5. The molecule has 2 aromatic rings. The molecule has 2 bridgehead atoms. The zero-order chi connectivity index (χ0) is 19.8. The van der Waals surface area contributed by atoms with E-state index in [9.17, 15) is 14.4 Å². The van der Waals surface area contributed by atoms with Crippen molar-refractivity contribution in [2.24, 2.45) is 0 Å². The van der Waals surface area contributed by atoms with E-state index < -0.39 is 30.1 Å². The van der Waals surface area contributed by atoms with Crippen LogP contribution in [0.3, 0.4) is 0 Å². The van der Waals surface area contributed by atoms with Crippen LogP contribution in [0.15, 0.2) is 36.5 Å². The first-order valence-corrected chi connectivity index (χ1v) is 8.63. The number of amides is 2. The van der Waals surface area contributed by atoms with Crippen molar-refractivity contribution in [3.05, 3.63) is 53.3 Å². The molecule has 4 rings (SSSR count). The fourth-order valence-electron chi connectivity index (χ4n) is 3.54.